The molecule has 1 atom stereocenters. The molecule has 0 radical (unpaired) electrons. The first-order valence-corrected chi connectivity index (χ1v) is 9.27. The lowest BCUT2D eigenvalue weighted by Crippen LogP contribution is -2.30. The maximum absolute atomic E-state index is 12.5. The molecule has 1 aliphatic carbocycles. The van der Waals surface area contributed by atoms with Crippen LogP contribution in [-0.4, -0.2) is 28.0 Å². The summed E-state index contributed by atoms with van der Waals surface area (Å²) >= 11 is 1.95. The largest absolute Gasteiger partial charge is 0.324 e. The summed E-state index contributed by atoms with van der Waals surface area (Å²) in [6.07, 6.45) is 8.90. The van der Waals surface area contributed by atoms with Crippen molar-refractivity contribution in [3.8, 4) is 0 Å². The molecule has 0 bridgehead atoms. The number of amides is 1. The van der Waals surface area contributed by atoms with Crippen molar-refractivity contribution in [3.05, 3.63) is 42.2 Å². The summed E-state index contributed by atoms with van der Waals surface area (Å²) in [5, 5.41) is 10.9. The highest BCUT2D eigenvalue weighted by molar-refractivity contribution is 8.00. The first-order valence-electron chi connectivity index (χ1n) is 8.39. The zero-order valence-corrected chi connectivity index (χ0v) is 15.0. The summed E-state index contributed by atoms with van der Waals surface area (Å²) in [4.78, 5) is 13.8. The van der Waals surface area contributed by atoms with Gasteiger partial charge in [-0.3, -0.25) is 9.48 Å². The number of anilines is 1. The van der Waals surface area contributed by atoms with Gasteiger partial charge in [-0.2, -0.15) is 5.10 Å². The van der Waals surface area contributed by atoms with Gasteiger partial charge in [-0.1, -0.05) is 12.8 Å². The number of aryl methyl sites for hydroxylation is 1. The number of nitrogens with zero attached hydrogens (tertiary/aromatic N) is 2. The predicted molar refractivity (Wildman–Crippen MR) is 98.2 cm³/mol. The molecule has 0 aliphatic heterocycles. The number of carbonyl (C=O) groups excluding carboxylic acids is 1. The molecule has 1 unspecified atom stereocenters. The highest BCUT2D eigenvalue weighted by atomic mass is 32.2. The van der Waals surface area contributed by atoms with Crippen molar-refractivity contribution >= 4 is 23.4 Å². The molecule has 2 N–H and O–H groups in total. The van der Waals surface area contributed by atoms with Crippen LogP contribution >= 0.6 is 11.8 Å². The second-order valence-electron chi connectivity index (χ2n) is 6.21. The van der Waals surface area contributed by atoms with Crippen LogP contribution in [0, 0.1) is 0 Å². The van der Waals surface area contributed by atoms with Crippen LogP contribution in [-0.2, 0) is 11.8 Å². The third kappa shape index (κ3) is 4.19. The van der Waals surface area contributed by atoms with Crippen molar-refractivity contribution in [1.82, 2.24) is 15.1 Å². The lowest BCUT2D eigenvalue weighted by atomic mass is 10.1. The zero-order chi connectivity index (χ0) is 16.9. The minimum absolute atomic E-state index is 0.0818. The first-order chi connectivity index (χ1) is 11.7. The van der Waals surface area contributed by atoms with Crippen molar-refractivity contribution in [3.63, 3.8) is 0 Å². The van der Waals surface area contributed by atoms with Crippen molar-refractivity contribution in [2.45, 2.75) is 41.9 Å². The van der Waals surface area contributed by atoms with E-state index in [1.54, 1.807) is 17.9 Å². The van der Waals surface area contributed by atoms with Gasteiger partial charge < -0.3 is 10.6 Å². The lowest BCUT2D eigenvalue weighted by Gasteiger charge is -2.15. The molecule has 128 valence electrons. The normalized spacial score (nSPS) is 16.2. The first kappa shape index (κ1) is 17.0. The van der Waals surface area contributed by atoms with Gasteiger partial charge in [0.15, 0.2) is 0 Å². The maximum Gasteiger partial charge on any atom is 0.246 e. The van der Waals surface area contributed by atoms with E-state index in [0.29, 0.717) is 0 Å². The third-order valence-corrected chi connectivity index (χ3v) is 5.68. The molecule has 1 aliphatic rings. The van der Waals surface area contributed by atoms with Gasteiger partial charge in [0.2, 0.25) is 5.91 Å². The molecule has 0 saturated heterocycles. The quantitative estimate of drug-likeness (QED) is 0.844. The SMILES string of the molecule is CNC(C(=O)Nc1ccc(SC2CCCC2)cc1)c1cnn(C)c1. The molecule has 2 aromatic rings. The van der Waals surface area contributed by atoms with Gasteiger partial charge in [0.1, 0.15) is 6.04 Å². The van der Waals surface area contributed by atoms with Gasteiger partial charge in [0.25, 0.3) is 0 Å². The minimum atomic E-state index is -0.411. The molecule has 1 aromatic carbocycles. The lowest BCUT2D eigenvalue weighted by molar-refractivity contribution is -0.118. The summed E-state index contributed by atoms with van der Waals surface area (Å²) in [6.45, 7) is 0. The van der Waals surface area contributed by atoms with Crippen molar-refractivity contribution in [1.29, 1.82) is 0 Å². The van der Waals surface area contributed by atoms with E-state index in [9.17, 15) is 4.79 Å². The van der Waals surface area contributed by atoms with E-state index >= 15 is 0 Å². The molecule has 0 spiro atoms. The van der Waals surface area contributed by atoms with Crippen LogP contribution in [0.5, 0.6) is 0 Å². The molecular formula is C18H24N4OS. The van der Waals surface area contributed by atoms with Crippen molar-refractivity contribution in [2.24, 2.45) is 7.05 Å². The molecule has 1 heterocycles. The van der Waals surface area contributed by atoms with Gasteiger partial charge in [-0.15, -0.1) is 11.8 Å². The fraction of sp³-hybridized carbons (Fsp3) is 0.444. The number of likely N-dealkylation sites (N-methyl/N-ethyl adjacent to an activating group) is 1. The number of hydrogen-bond acceptors (Lipinski definition) is 4. The Morgan fingerprint density at radius 2 is 2.00 bits per heavy atom. The topological polar surface area (TPSA) is 59.0 Å². The van der Waals surface area contributed by atoms with Gasteiger partial charge >= 0.3 is 0 Å². The van der Waals surface area contributed by atoms with Gasteiger partial charge in [-0.05, 0) is 44.2 Å². The zero-order valence-electron chi connectivity index (χ0n) is 14.2. The van der Waals surface area contributed by atoms with E-state index < -0.39 is 6.04 Å². The van der Waals surface area contributed by atoms with E-state index in [2.05, 4.69) is 27.9 Å². The van der Waals surface area contributed by atoms with Crippen molar-refractivity contribution in [2.75, 3.05) is 12.4 Å². The molecular weight excluding hydrogens is 320 g/mol. The Morgan fingerprint density at radius 1 is 1.29 bits per heavy atom. The molecule has 1 aromatic heterocycles. The summed E-state index contributed by atoms with van der Waals surface area (Å²) < 4.78 is 1.70. The van der Waals surface area contributed by atoms with Crippen LogP contribution in [0.25, 0.3) is 0 Å². The fourth-order valence-corrected chi connectivity index (χ4v) is 4.32. The van der Waals surface area contributed by atoms with Crippen molar-refractivity contribution < 1.29 is 4.79 Å². The molecule has 1 fully saturated rings. The second-order valence-corrected chi connectivity index (χ2v) is 7.58. The van der Waals surface area contributed by atoms with Crippen LogP contribution in [0.4, 0.5) is 5.69 Å². The number of benzene rings is 1. The number of nitrogens with one attached hydrogen (secondary N) is 2. The second kappa shape index (κ2) is 7.85. The van der Waals surface area contributed by atoms with E-state index in [-0.39, 0.29) is 5.91 Å². The van der Waals surface area contributed by atoms with Gasteiger partial charge in [0.05, 0.1) is 6.20 Å². The third-order valence-electron chi connectivity index (χ3n) is 4.34. The van der Waals surface area contributed by atoms with Crippen LogP contribution in [0.1, 0.15) is 37.3 Å². The number of rotatable bonds is 6. The Kier molecular flexibility index (Phi) is 5.58. The standard InChI is InChI=1S/C18H24N4OS/c1-19-17(13-11-20-22(2)12-13)18(23)21-14-7-9-16(10-8-14)24-15-5-3-4-6-15/h7-12,15,17,19H,3-6H2,1-2H3,(H,21,23). The highest BCUT2D eigenvalue weighted by Gasteiger charge is 2.20. The molecule has 3 rings (SSSR count). The predicted octanol–water partition coefficient (Wildman–Crippen LogP) is 3.35. The summed E-state index contributed by atoms with van der Waals surface area (Å²) in [5.41, 5.74) is 1.67. The van der Waals surface area contributed by atoms with E-state index in [0.717, 1.165) is 16.5 Å². The van der Waals surface area contributed by atoms with Gasteiger partial charge in [-0.25, -0.2) is 0 Å². The number of thioether (sulfide) groups is 1. The smallest absolute Gasteiger partial charge is 0.246 e. The molecule has 6 heteroatoms. The monoisotopic (exact) mass is 344 g/mol. The number of aromatic nitrogens is 2. The highest BCUT2D eigenvalue weighted by Crippen LogP contribution is 2.35. The van der Waals surface area contributed by atoms with E-state index in [4.69, 9.17) is 0 Å². The number of carbonyl (C=O) groups is 1. The van der Waals surface area contributed by atoms with Crippen LogP contribution < -0.4 is 10.6 Å². The Hall–Kier alpha value is -1.79. The Morgan fingerprint density at radius 3 is 2.58 bits per heavy atom. The summed E-state index contributed by atoms with van der Waals surface area (Å²) in [7, 11) is 3.62. The van der Waals surface area contributed by atoms with Gasteiger partial charge in [0, 0.05) is 34.6 Å². The molecule has 1 saturated carbocycles. The maximum atomic E-state index is 12.5. The minimum Gasteiger partial charge on any atom is -0.324 e. The molecule has 5 nitrogen and oxygen atoms in total. The summed E-state index contributed by atoms with van der Waals surface area (Å²) in [6, 6.07) is 7.73. The van der Waals surface area contributed by atoms with Crippen LogP contribution in [0.3, 0.4) is 0 Å². The number of hydrogen-bond donors (Lipinski definition) is 2. The molecule has 24 heavy (non-hydrogen) atoms. The summed E-state index contributed by atoms with van der Waals surface area (Å²) in [5.74, 6) is -0.0818. The molecule has 1 amide bonds. The van der Waals surface area contributed by atoms with Crippen LogP contribution in [0.2, 0.25) is 0 Å². The van der Waals surface area contributed by atoms with E-state index in [1.807, 2.05) is 37.1 Å². The Balaban J connectivity index is 1.60. The van der Waals surface area contributed by atoms with E-state index in [1.165, 1.54) is 30.6 Å². The van der Waals surface area contributed by atoms with Crippen LogP contribution in [0.15, 0.2) is 41.6 Å². The Bertz CT molecular complexity index is 677. The fourth-order valence-electron chi connectivity index (χ4n) is 3.07. The average Bonchev–Trinajstić information content (AvgIpc) is 3.22. The average molecular weight is 344 g/mol. The Labute approximate surface area is 147 Å².